The van der Waals surface area contributed by atoms with Crippen LogP contribution in [0.2, 0.25) is 0 Å². The first-order valence-electron chi connectivity index (χ1n) is 10.7. The van der Waals surface area contributed by atoms with E-state index in [-0.39, 0.29) is 17.4 Å². The summed E-state index contributed by atoms with van der Waals surface area (Å²) in [6.45, 7) is 1.09. The van der Waals surface area contributed by atoms with Gasteiger partial charge in [0.15, 0.2) is 23.1 Å². The first-order valence-corrected chi connectivity index (χ1v) is 11.3. The maximum atomic E-state index is 14.4. The highest BCUT2D eigenvalue weighted by atomic mass is 32.1. The number of methoxy groups -OCH3 is 1. The predicted octanol–water partition coefficient (Wildman–Crippen LogP) is 4.34. The fraction of sp³-hybridized carbons (Fsp3) is 0.292. The van der Waals surface area contributed by atoms with Crippen LogP contribution in [0.3, 0.4) is 0 Å². The summed E-state index contributed by atoms with van der Waals surface area (Å²) in [5.41, 5.74) is 0.924. The Balaban J connectivity index is 1.68. The molecule has 2 aromatic carbocycles. The summed E-state index contributed by atoms with van der Waals surface area (Å²) in [5, 5.41) is 5.79. The lowest BCUT2D eigenvalue weighted by Crippen LogP contribution is -2.25. The summed E-state index contributed by atoms with van der Waals surface area (Å²) >= 11 is 3.92. The van der Waals surface area contributed by atoms with Gasteiger partial charge < -0.3 is 24.8 Å². The van der Waals surface area contributed by atoms with E-state index in [0.29, 0.717) is 53.4 Å². The number of thiol groups is 1. The number of pyridine rings is 1. The fourth-order valence-electron chi connectivity index (χ4n) is 3.22. The van der Waals surface area contributed by atoms with E-state index in [1.54, 1.807) is 24.4 Å². The van der Waals surface area contributed by atoms with Crippen LogP contribution in [-0.4, -0.2) is 43.3 Å². The third-order valence-electron chi connectivity index (χ3n) is 4.91. The summed E-state index contributed by atoms with van der Waals surface area (Å²) in [7, 11) is 1.54. The van der Waals surface area contributed by atoms with E-state index < -0.39 is 5.82 Å². The third-order valence-corrected chi connectivity index (χ3v) is 5.20. The van der Waals surface area contributed by atoms with Crippen molar-refractivity contribution in [2.75, 3.05) is 31.3 Å². The molecule has 10 heteroatoms. The topological polar surface area (TPSA) is 98.8 Å². The number of carbonyl (C=O) groups excluding carboxylic acids is 2. The van der Waals surface area contributed by atoms with Gasteiger partial charge in [0.05, 0.1) is 25.0 Å². The van der Waals surface area contributed by atoms with Gasteiger partial charge in [0.1, 0.15) is 5.75 Å². The van der Waals surface area contributed by atoms with E-state index in [2.05, 4.69) is 28.2 Å². The van der Waals surface area contributed by atoms with Gasteiger partial charge >= 0.3 is 0 Å². The predicted molar refractivity (Wildman–Crippen MR) is 131 cm³/mol. The van der Waals surface area contributed by atoms with Crippen LogP contribution in [0, 0.1) is 5.82 Å². The molecule has 0 bridgehead atoms. The van der Waals surface area contributed by atoms with Gasteiger partial charge in [-0.05, 0) is 43.5 Å². The Labute approximate surface area is 202 Å². The molecule has 1 aromatic heterocycles. The van der Waals surface area contributed by atoms with E-state index in [0.717, 1.165) is 19.3 Å². The average molecular weight is 488 g/mol. The van der Waals surface area contributed by atoms with Crippen LogP contribution >= 0.6 is 12.6 Å². The number of ether oxygens (including phenoxy) is 3. The number of fused-ring (bicyclic) bond motifs is 1. The lowest BCUT2D eigenvalue weighted by Gasteiger charge is -2.14. The molecule has 180 valence electrons. The fourth-order valence-corrected chi connectivity index (χ4v) is 3.33. The molecule has 8 nitrogen and oxygen atoms in total. The van der Waals surface area contributed by atoms with Gasteiger partial charge in [-0.1, -0.05) is 0 Å². The van der Waals surface area contributed by atoms with Crippen LogP contribution in [0.4, 0.5) is 10.1 Å². The minimum absolute atomic E-state index is 0.00815. The normalized spacial score (nSPS) is 10.6. The van der Waals surface area contributed by atoms with Crippen molar-refractivity contribution in [3.63, 3.8) is 0 Å². The molecule has 2 amide bonds. The van der Waals surface area contributed by atoms with Crippen molar-refractivity contribution < 1.29 is 28.2 Å². The summed E-state index contributed by atoms with van der Waals surface area (Å²) in [6.07, 6.45) is 4.59. The number of nitrogens with zero attached hydrogens (tertiary/aromatic N) is 1. The molecule has 3 rings (SSSR count). The Kier molecular flexibility index (Phi) is 9.33. The number of amides is 2. The highest BCUT2D eigenvalue weighted by Crippen LogP contribution is 2.37. The molecule has 0 unspecified atom stereocenters. The van der Waals surface area contributed by atoms with Crippen molar-refractivity contribution in [2.45, 2.75) is 19.3 Å². The minimum atomic E-state index is -0.617. The van der Waals surface area contributed by atoms with Crippen molar-refractivity contribution >= 4 is 41.5 Å². The van der Waals surface area contributed by atoms with Crippen LogP contribution < -0.4 is 24.8 Å². The number of hydrogen-bond acceptors (Lipinski definition) is 7. The van der Waals surface area contributed by atoms with Gasteiger partial charge in [-0.15, -0.1) is 0 Å². The number of unbranched alkanes of at least 4 members (excludes halogenated alkanes) is 2. The number of benzene rings is 2. The van der Waals surface area contributed by atoms with Gasteiger partial charge in [0.2, 0.25) is 12.3 Å². The van der Waals surface area contributed by atoms with E-state index in [9.17, 15) is 14.0 Å². The Morgan fingerprint density at radius 3 is 2.68 bits per heavy atom. The summed E-state index contributed by atoms with van der Waals surface area (Å²) in [5.74, 6) is 0.934. The van der Waals surface area contributed by atoms with E-state index in [1.165, 1.54) is 25.3 Å². The molecule has 0 aliphatic heterocycles. The third kappa shape index (κ3) is 6.74. The van der Waals surface area contributed by atoms with Crippen molar-refractivity contribution in [2.24, 2.45) is 0 Å². The Hall–Kier alpha value is -3.53. The summed E-state index contributed by atoms with van der Waals surface area (Å²) in [6, 6.07) is 9.27. The van der Waals surface area contributed by atoms with Crippen LogP contribution in [0.1, 0.15) is 19.3 Å². The molecular formula is C24H26FN3O5S. The second-order valence-electron chi connectivity index (χ2n) is 7.26. The molecule has 1 heterocycles. The zero-order valence-electron chi connectivity index (χ0n) is 18.7. The molecule has 0 saturated carbocycles. The molecular weight excluding hydrogens is 461 g/mol. The van der Waals surface area contributed by atoms with E-state index >= 15 is 0 Å². The summed E-state index contributed by atoms with van der Waals surface area (Å²) in [4.78, 5) is 26.1. The second-order valence-corrected chi connectivity index (χ2v) is 7.57. The second kappa shape index (κ2) is 12.6. The number of anilines is 1. The average Bonchev–Trinajstić information content (AvgIpc) is 2.84. The summed E-state index contributed by atoms with van der Waals surface area (Å²) < 4.78 is 31.6. The maximum Gasteiger partial charge on any atom is 0.229 e. The Bertz CT molecular complexity index is 1150. The standard InChI is InChI=1S/C24H26FN3O5S/c1-31-22-12-17-19(13-23(22)32-10-4-2-3-8-27-24(30)14-34)26-9-7-20(17)33-21-6-5-16(28-15-29)11-18(21)25/h5-7,9,11-13,15,34H,2-4,8,10,14H2,1H3,(H,27,30)(H,28,29). The molecule has 0 radical (unpaired) electrons. The van der Waals surface area contributed by atoms with Gasteiger partial charge in [-0.25, -0.2) is 4.39 Å². The number of rotatable bonds is 13. The first-order chi connectivity index (χ1) is 16.5. The van der Waals surface area contributed by atoms with E-state index in [1.807, 2.05) is 0 Å². The van der Waals surface area contributed by atoms with Gasteiger partial charge in [0, 0.05) is 35.9 Å². The van der Waals surface area contributed by atoms with Gasteiger partial charge in [-0.3, -0.25) is 14.6 Å². The van der Waals surface area contributed by atoms with Gasteiger partial charge in [0.25, 0.3) is 0 Å². The van der Waals surface area contributed by atoms with Crippen molar-refractivity contribution in [3.8, 4) is 23.0 Å². The van der Waals surface area contributed by atoms with Gasteiger partial charge in [-0.2, -0.15) is 12.6 Å². The molecule has 0 atom stereocenters. The molecule has 0 fully saturated rings. The molecule has 34 heavy (non-hydrogen) atoms. The minimum Gasteiger partial charge on any atom is -0.493 e. The number of carbonyl (C=O) groups is 2. The molecule has 3 aromatic rings. The van der Waals surface area contributed by atoms with Crippen LogP contribution in [0.25, 0.3) is 10.9 Å². The Morgan fingerprint density at radius 1 is 1.09 bits per heavy atom. The molecule has 2 N–H and O–H groups in total. The zero-order chi connectivity index (χ0) is 24.3. The lowest BCUT2D eigenvalue weighted by atomic mass is 10.1. The van der Waals surface area contributed by atoms with Crippen molar-refractivity contribution in [1.29, 1.82) is 0 Å². The molecule has 0 aliphatic rings. The molecule has 0 spiro atoms. The SMILES string of the molecule is COc1cc2c(Oc3ccc(NC=O)cc3F)ccnc2cc1OCCCCCNC(=O)CS. The van der Waals surface area contributed by atoms with Crippen molar-refractivity contribution in [1.82, 2.24) is 10.3 Å². The molecule has 0 saturated heterocycles. The monoisotopic (exact) mass is 487 g/mol. The van der Waals surface area contributed by atoms with Crippen LogP contribution in [0.15, 0.2) is 42.6 Å². The van der Waals surface area contributed by atoms with Crippen LogP contribution in [-0.2, 0) is 9.59 Å². The number of halogens is 1. The Morgan fingerprint density at radius 2 is 1.94 bits per heavy atom. The maximum absolute atomic E-state index is 14.4. The lowest BCUT2D eigenvalue weighted by molar-refractivity contribution is -0.118. The quantitative estimate of drug-likeness (QED) is 0.189. The van der Waals surface area contributed by atoms with Crippen molar-refractivity contribution in [3.05, 3.63) is 48.4 Å². The highest BCUT2D eigenvalue weighted by molar-refractivity contribution is 7.81. The smallest absolute Gasteiger partial charge is 0.229 e. The number of nitrogens with one attached hydrogen (secondary N) is 2. The highest BCUT2D eigenvalue weighted by Gasteiger charge is 2.14. The number of hydrogen-bond donors (Lipinski definition) is 3. The largest absolute Gasteiger partial charge is 0.493 e. The first kappa shape index (κ1) is 25.1. The van der Waals surface area contributed by atoms with Crippen LogP contribution in [0.5, 0.6) is 23.0 Å². The number of aromatic nitrogens is 1. The zero-order valence-corrected chi connectivity index (χ0v) is 19.6. The molecule has 0 aliphatic carbocycles. The van der Waals surface area contributed by atoms with E-state index in [4.69, 9.17) is 14.2 Å².